The Labute approximate surface area is 126 Å². The van der Waals surface area contributed by atoms with Crippen molar-refractivity contribution in [2.24, 2.45) is 0 Å². The van der Waals surface area contributed by atoms with Gasteiger partial charge in [0.15, 0.2) is 0 Å². The number of carbonyl (C=O) groups is 1. The Bertz CT molecular complexity index is 827. The van der Waals surface area contributed by atoms with Gasteiger partial charge in [-0.2, -0.15) is 0 Å². The number of rotatable bonds is 3. The van der Waals surface area contributed by atoms with Gasteiger partial charge < -0.3 is 15.0 Å². The number of pyridine rings is 1. The van der Waals surface area contributed by atoms with Crippen LogP contribution in [0.15, 0.2) is 29.1 Å². The van der Waals surface area contributed by atoms with Gasteiger partial charge in [-0.3, -0.25) is 4.79 Å². The van der Waals surface area contributed by atoms with Crippen LogP contribution in [0.4, 0.5) is 15.8 Å². The smallest absolute Gasteiger partial charge is 0.339 e. The van der Waals surface area contributed by atoms with Crippen LogP contribution in [-0.2, 0) is 13.0 Å². The molecule has 0 spiro atoms. The Balaban J connectivity index is 2.13. The van der Waals surface area contributed by atoms with E-state index in [2.05, 4.69) is 5.32 Å². The number of aryl methyl sites for hydroxylation is 1. The molecule has 2 heterocycles. The molecule has 0 unspecified atom stereocenters. The molecule has 5 nitrogen and oxygen atoms in total. The quantitative estimate of drug-likeness (QED) is 0.914. The largest absolute Gasteiger partial charge is 0.478 e. The average Bonchev–Trinajstić information content (AvgIpc) is 2.91. The third-order valence-electron chi connectivity index (χ3n) is 3.82. The number of benzene rings is 1. The minimum atomic E-state index is -1.12. The molecule has 1 aliphatic heterocycles. The van der Waals surface area contributed by atoms with Crippen LogP contribution in [-0.4, -0.2) is 15.6 Å². The van der Waals surface area contributed by atoms with Gasteiger partial charge in [-0.15, -0.1) is 0 Å². The highest BCUT2D eigenvalue weighted by atomic mass is 19.1. The first-order valence-electron chi connectivity index (χ1n) is 7.00. The van der Waals surface area contributed by atoms with Crippen LogP contribution in [0.2, 0.25) is 0 Å². The van der Waals surface area contributed by atoms with Crippen molar-refractivity contribution >= 4 is 17.3 Å². The topological polar surface area (TPSA) is 71.3 Å². The van der Waals surface area contributed by atoms with Crippen LogP contribution in [0.25, 0.3) is 0 Å². The predicted molar refractivity (Wildman–Crippen MR) is 80.4 cm³/mol. The lowest BCUT2D eigenvalue weighted by Crippen LogP contribution is -2.23. The van der Waals surface area contributed by atoms with Gasteiger partial charge in [0.05, 0.1) is 11.4 Å². The third kappa shape index (κ3) is 2.36. The van der Waals surface area contributed by atoms with Crippen molar-refractivity contribution in [1.29, 1.82) is 0 Å². The summed E-state index contributed by atoms with van der Waals surface area (Å²) in [7, 11) is 0. The maximum Gasteiger partial charge on any atom is 0.339 e. The first kappa shape index (κ1) is 14.3. The van der Waals surface area contributed by atoms with Gasteiger partial charge >= 0.3 is 5.97 Å². The van der Waals surface area contributed by atoms with E-state index >= 15 is 0 Å². The van der Waals surface area contributed by atoms with Crippen LogP contribution in [0.3, 0.4) is 0 Å². The van der Waals surface area contributed by atoms with Crippen LogP contribution in [0.1, 0.15) is 28.0 Å². The molecule has 0 fully saturated rings. The Morgan fingerprint density at radius 1 is 1.32 bits per heavy atom. The summed E-state index contributed by atoms with van der Waals surface area (Å²) in [4.78, 5) is 23.6. The monoisotopic (exact) mass is 302 g/mol. The highest BCUT2D eigenvalue weighted by molar-refractivity contribution is 5.96. The standard InChI is InChI=1S/C16H15FN2O3/c1-9-4-5-11(10(17)7-9)18-12-8-14(20)19-6-2-3-13(19)15(12)16(21)22/h4-5,7-8,18H,2-3,6H2,1H3,(H,21,22). The van der Waals surface area contributed by atoms with Gasteiger partial charge in [-0.25, -0.2) is 9.18 Å². The molecule has 22 heavy (non-hydrogen) atoms. The molecule has 0 atom stereocenters. The fourth-order valence-electron chi connectivity index (χ4n) is 2.81. The number of hydrogen-bond donors (Lipinski definition) is 2. The lowest BCUT2D eigenvalue weighted by atomic mass is 10.1. The molecular weight excluding hydrogens is 287 g/mol. The van der Waals surface area contributed by atoms with E-state index in [1.165, 1.54) is 22.8 Å². The molecule has 2 N–H and O–H groups in total. The summed E-state index contributed by atoms with van der Waals surface area (Å²) >= 11 is 0. The van der Waals surface area contributed by atoms with Gasteiger partial charge in [0.2, 0.25) is 0 Å². The lowest BCUT2D eigenvalue weighted by Gasteiger charge is -2.14. The third-order valence-corrected chi connectivity index (χ3v) is 3.82. The fourth-order valence-corrected chi connectivity index (χ4v) is 2.81. The van der Waals surface area contributed by atoms with Crippen molar-refractivity contribution in [2.75, 3.05) is 5.32 Å². The maximum atomic E-state index is 14.0. The van der Waals surface area contributed by atoms with Gasteiger partial charge in [-0.1, -0.05) is 6.07 Å². The highest BCUT2D eigenvalue weighted by Crippen LogP contribution is 2.27. The number of halogens is 1. The number of nitrogens with zero attached hydrogens (tertiary/aromatic N) is 1. The molecule has 6 heteroatoms. The molecule has 1 aliphatic rings. The molecule has 0 amide bonds. The summed E-state index contributed by atoms with van der Waals surface area (Å²) in [5.74, 6) is -1.61. The van der Waals surface area contributed by atoms with E-state index in [-0.39, 0.29) is 22.5 Å². The zero-order valence-corrected chi connectivity index (χ0v) is 12.0. The van der Waals surface area contributed by atoms with Gasteiger partial charge in [0.25, 0.3) is 5.56 Å². The van der Waals surface area contributed by atoms with E-state index in [0.717, 1.165) is 12.0 Å². The second kappa shape index (κ2) is 5.29. The molecule has 0 saturated heterocycles. The van der Waals surface area contributed by atoms with Crippen molar-refractivity contribution < 1.29 is 14.3 Å². The van der Waals surface area contributed by atoms with Gasteiger partial charge in [-0.05, 0) is 37.5 Å². The Kier molecular flexibility index (Phi) is 3.44. The number of aromatic carboxylic acids is 1. The zero-order chi connectivity index (χ0) is 15.9. The second-order valence-corrected chi connectivity index (χ2v) is 5.39. The molecule has 0 aliphatic carbocycles. The van der Waals surface area contributed by atoms with E-state index in [9.17, 15) is 19.1 Å². The number of fused-ring (bicyclic) bond motifs is 1. The van der Waals surface area contributed by atoms with Gasteiger partial charge in [0.1, 0.15) is 11.4 Å². The number of anilines is 2. The second-order valence-electron chi connectivity index (χ2n) is 5.39. The summed E-state index contributed by atoms with van der Waals surface area (Å²) in [5, 5.41) is 12.2. The molecule has 0 saturated carbocycles. The van der Waals surface area contributed by atoms with Crippen molar-refractivity contribution in [1.82, 2.24) is 4.57 Å². The minimum absolute atomic E-state index is 0.0390. The molecule has 0 radical (unpaired) electrons. The molecule has 2 aromatic rings. The Morgan fingerprint density at radius 2 is 2.09 bits per heavy atom. The van der Waals surface area contributed by atoms with Crippen molar-refractivity contribution in [3.05, 3.63) is 57.3 Å². The van der Waals surface area contributed by atoms with Crippen LogP contribution in [0, 0.1) is 12.7 Å². The summed E-state index contributed by atoms with van der Waals surface area (Å²) in [6.07, 6.45) is 1.26. The molecule has 0 bridgehead atoms. The highest BCUT2D eigenvalue weighted by Gasteiger charge is 2.24. The fraction of sp³-hybridized carbons (Fsp3) is 0.250. The van der Waals surface area contributed by atoms with Crippen molar-refractivity contribution in [2.45, 2.75) is 26.3 Å². The normalized spacial score (nSPS) is 13.0. The predicted octanol–water partition coefficient (Wildman–Crippen LogP) is 2.68. The summed E-state index contributed by atoms with van der Waals surface area (Å²) in [6, 6.07) is 5.81. The Morgan fingerprint density at radius 3 is 2.77 bits per heavy atom. The lowest BCUT2D eigenvalue weighted by molar-refractivity contribution is 0.0696. The first-order chi connectivity index (χ1) is 10.5. The van der Waals surface area contributed by atoms with Crippen LogP contribution < -0.4 is 10.9 Å². The van der Waals surface area contributed by atoms with Crippen molar-refractivity contribution in [3.63, 3.8) is 0 Å². The maximum absolute atomic E-state index is 14.0. The van der Waals surface area contributed by atoms with Crippen molar-refractivity contribution in [3.8, 4) is 0 Å². The van der Waals surface area contributed by atoms with E-state index in [4.69, 9.17) is 0 Å². The van der Waals surface area contributed by atoms with E-state index in [1.54, 1.807) is 13.0 Å². The summed E-state index contributed by atoms with van der Waals surface area (Å²) in [5.41, 5.74) is 1.30. The van der Waals surface area contributed by atoms with E-state index in [0.29, 0.717) is 18.7 Å². The SMILES string of the molecule is Cc1ccc(Nc2cc(=O)n3c(c2C(=O)O)CCC3)c(F)c1. The average molecular weight is 302 g/mol. The van der Waals surface area contributed by atoms with Gasteiger partial charge in [0, 0.05) is 18.3 Å². The molecule has 114 valence electrons. The first-order valence-corrected chi connectivity index (χ1v) is 7.00. The zero-order valence-electron chi connectivity index (χ0n) is 12.0. The number of carboxylic acid groups (broad SMARTS) is 1. The number of aromatic nitrogens is 1. The number of hydrogen-bond acceptors (Lipinski definition) is 3. The van der Waals surface area contributed by atoms with Crippen LogP contribution >= 0.6 is 0 Å². The summed E-state index contributed by atoms with van der Waals surface area (Å²) < 4.78 is 15.4. The molecule has 3 rings (SSSR count). The number of carboxylic acids is 1. The van der Waals surface area contributed by atoms with Crippen LogP contribution in [0.5, 0.6) is 0 Å². The van der Waals surface area contributed by atoms with E-state index < -0.39 is 11.8 Å². The molecular formula is C16H15FN2O3. The summed E-state index contributed by atoms with van der Waals surface area (Å²) in [6.45, 7) is 2.28. The molecule has 1 aromatic heterocycles. The van der Waals surface area contributed by atoms with E-state index in [1.807, 2.05) is 0 Å². The number of nitrogens with one attached hydrogen (secondary N) is 1. The molecule has 1 aromatic carbocycles. The Hall–Kier alpha value is -2.63. The minimum Gasteiger partial charge on any atom is -0.478 e.